The van der Waals surface area contributed by atoms with Crippen LogP contribution in [0.2, 0.25) is 0 Å². The van der Waals surface area contributed by atoms with Crippen molar-refractivity contribution in [3.63, 3.8) is 0 Å². The molecule has 13 heavy (non-hydrogen) atoms. The van der Waals surface area contributed by atoms with E-state index in [0.29, 0.717) is 4.21 Å². The van der Waals surface area contributed by atoms with Crippen LogP contribution < -0.4 is 4.72 Å². The molecule has 1 saturated carbocycles. The van der Waals surface area contributed by atoms with Crippen LogP contribution in [-0.2, 0) is 10.0 Å². The summed E-state index contributed by atoms with van der Waals surface area (Å²) in [5, 5.41) is 1.77. The lowest BCUT2D eigenvalue weighted by molar-refractivity contribution is 0.583. The van der Waals surface area contributed by atoms with Crippen molar-refractivity contribution in [3.8, 4) is 0 Å². The molecule has 72 valence electrons. The number of sulfonamides is 1. The molecular weight excluding hydrogens is 274 g/mol. The van der Waals surface area contributed by atoms with E-state index in [0.717, 1.165) is 17.3 Å². The van der Waals surface area contributed by atoms with E-state index in [9.17, 15) is 8.42 Å². The van der Waals surface area contributed by atoms with Crippen LogP contribution in [0.3, 0.4) is 0 Å². The first-order valence-electron chi connectivity index (χ1n) is 3.84. The Morgan fingerprint density at radius 1 is 1.54 bits per heavy atom. The minimum Gasteiger partial charge on any atom is -0.207 e. The molecule has 1 aromatic rings. The second kappa shape index (κ2) is 3.34. The van der Waals surface area contributed by atoms with Gasteiger partial charge in [0.25, 0.3) is 0 Å². The van der Waals surface area contributed by atoms with Crippen molar-refractivity contribution < 1.29 is 8.42 Å². The number of hydrogen-bond acceptors (Lipinski definition) is 3. The Balaban J connectivity index is 2.22. The molecule has 0 aromatic carbocycles. The first-order valence-corrected chi connectivity index (χ1v) is 7.00. The Morgan fingerprint density at radius 2 is 2.23 bits per heavy atom. The zero-order chi connectivity index (χ0) is 9.47. The predicted molar refractivity (Wildman–Crippen MR) is 55.4 cm³/mol. The maximum absolute atomic E-state index is 11.6. The maximum Gasteiger partial charge on any atom is 0.250 e. The summed E-state index contributed by atoms with van der Waals surface area (Å²) in [7, 11) is -3.24. The van der Waals surface area contributed by atoms with Crippen molar-refractivity contribution in [3.05, 3.63) is 15.9 Å². The largest absolute Gasteiger partial charge is 0.250 e. The van der Waals surface area contributed by atoms with E-state index in [2.05, 4.69) is 20.7 Å². The van der Waals surface area contributed by atoms with Gasteiger partial charge in [0.15, 0.2) is 0 Å². The van der Waals surface area contributed by atoms with Crippen LogP contribution in [0.25, 0.3) is 0 Å². The molecule has 1 heterocycles. The number of rotatable bonds is 3. The summed E-state index contributed by atoms with van der Waals surface area (Å²) < 4.78 is 27.0. The molecule has 2 rings (SSSR count). The lowest BCUT2D eigenvalue weighted by Crippen LogP contribution is -2.24. The molecule has 1 aliphatic carbocycles. The molecule has 3 nitrogen and oxygen atoms in total. The second-order valence-corrected chi connectivity index (χ2v) is 6.75. The fraction of sp³-hybridized carbons (Fsp3) is 0.429. The van der Waals surface area contributed by atoms with Gasteiger partial charge in [0.2, 0.25) is 10.0 Å². The Bertz CT molecular complexity index is 408. The number of nitrogens with one attached hydrogen (secondary N) is 1. The van der Waals surface area contributed by atoms with Gasteiger partial charge in [-0.05, 0) is 34.8 Å². The molecule has 0 saturated heterocycles. The maximum atomic E-state index is 11.6. The van der Waals surface area contributed by atoms with Gasteiger partial charge in [-0.3, -0.25) is 0 Å². The predicted octanol–water partition coefficient (Wildman–Crippen LogP) is 1.95. The Labute approximate surface area is 89.3 Å². The zero-order valence-corrected chi connectivity index (χ0v) is 9.88. The van der Waals surface area contributed by atoms with Crippen LogP contribution in [0.5, 0.6) is 0 Å². The van der Waals surface area contributed by atoms with Gasteiger partial charge in [-0.2, -0.15) is 0 Å². The summed E-state index contributed by atoms with van der Waals surface area (Å²) >= 11 is 4.45. The zero-order valence-electron chi connectivity index (χ0n) is 6.66. The SMILES string of the molecule is O=S(=O)(NC1CC1)c1cc(Br)cs1. The molecule has 0 amide bonds. The minimum absolute atomic E-state index is 0.172. The molecule has 1 fully saturated rings. The highest BCUT2D eigenvalue weighted by atomic mass is 79.9. The van der Waals surface area contributed by atoms with E-state index in [1.165, 1.54) is 11.3 Å². The summed E-state index contributed by atoms with van der Waals surface area (Å²) in [5.41, 5.74) is 0. The van der Waals surface area contributed by atoms with E-state index < -0.39 is 10.0 Å². The summed E-state index contributed by atoms with van der Waals surface area (Å²) in [6.07, 6.45) is 1.93. The van der Waals surface area contributed by atoms with Gasteiger partial charge in [0.1, 0.15) is 4.21 Å². The molecule has 0 bridgehead atoms. The fourth-order valence-electron chi connectivity index (χ4n) is 0.915. The molecule has 0 spiro atoms. The van der Waals surface area contributed by atoms with E-state index >= 15 is 0 Å². The van der Waals surface area contributed by atoms with Gasteiger partial charge in [0, 0.05) is 15.9 Å². The van der Waals surface area contributed by atoms with Gasteiger partial charge in [-0.15, -0.1) is 11.3 Å². The highest BCUT2D eigenvalue weighted by molar-refractivity contribution is 9.10. The summed E-state index contributed by atoms with van der Waals surface area (Å²) in [6, 6.07) is 1.79. The van der Waals surface area contributed by atoms with Crippen molar-refractivity contribution in [1.82, 2.24) is 4.72 Å². The van der Waals surface area contributed by atoms with Gasteiger partial charge in [-0.25, -0.2) is 13.1 Å². The van der Waals surface area contributed by atoms with Crippen LogP contribution in [0.15, 0.2) is 20.1 Å². The Morgan fingerprint density at radius 3 is 2.69 bits per heavy atom. The summed E-state index contributed by atoms with van der Waals surface area (Å²) in [6.45, 7) is 0. The topological polar surface area (TPSA) is 46.2 Å². The number of halogens is 1. The van der Waals surface area contributed by atoms with Crippen LogP contribution in [0.1, 0.15) is 12.8 Å². The summed E-state index contributed by atoms with van der Waals surface area (Å²) in [5.74, 6) is 0. The average Bonchev–Trinajstić information content (AvgIpc) is 2.70. The highest BCUT2D eigenvalue weighted by Crippen LogP contribution is 2.27. The van der Waals surface area contributed by atoms with Crippen molar-refractivity contribution in [2.75, 3.05) is 0 Å². The van der Waals surface area contributed by atoms with Gasteiger partial charge < -0.3 is 0 Å². The lowest BCUT2D eigenvalue weighted by atomic mass is 10.7. The molecule has 1 aliphatic rings. The van der Waals surface area contributed by atoms with E-state index in [1.54, 1.807) is 11.4 Å². The molecule has 1 aromatic heterocycles. The molecule has 1 N–H and O–H groups in total. The molecule has 0 radical (unpaired) electrons. The van der Waals surface area contributed by atoms with Crippen LogP contribution >= 0.6 is 27.3 Å². The molecular formula is C7H8BrNO2S2. The third-order valence-corrected chi connectivity index (χ3v) is 5.43. The Hall–Kier alpha value is 0.0900. The van der Waals surface area contributed by atoms with Crippen LogP contribution in [0, 0.1) is 0 Å². The fourth-order valence-corrected chi connectivity index (χ4v) is 4.09. The monoisotopic (exact) mass is 281 g/mol. The van der Waals surface area contributed by atoms with E-state index in [-0.39, 0.29) is 6.04 Å². The van der Waals surface area contributed by atoms with Crippen molar-refractivity contribution in [2.45, 2.75) is 23.1 Å². The molecule has 0 aliphatic heterocycles. The van der Waals surface area contributed by atoms with Gasteiger partial charge in [-0.1, -0.05) is 0 Å². The normalized spacial score (nSPS) is 17.6. The van der Waals surface area contributed by atoms with Crippen molar-refractivity contribution in [1.29, 1.82) is 0 Å². The quantitative estimate of drug-likeness (QED) is 0.921. The molecule has 0 atom stereocenters. The minimum atomic E-state index is -3.24. The van der Waals surface area contributed by atoms with Crippen LogP contribution in [-0.4, -0.2) is 14.5 Å². The van der Waals surface area contributed by atoms with E-state index in [4.69, 9.17) is 0 Å². The first kappa shape index (κ1) is 9.64. The third kappa shape index (κ3) is 2.31. The second-order valence-electron chi connectivity index (χ2n) is 2.98. The highest BCUT2D eigenvalue weighted by Gasteiger charge is 2.28. The van der Waals surface area contributed by atoms with Gasteiger partial charge in [0.05, 0.1) is 0 Å². The first-order chi connectivity index (χ1) is 6.08. The number of thiophene rings is 1. The number of hydrogen-bond donors (Lipinski definition) is 1. The average molecular weight is 282 g/mol. The third-order valence-electron chi connectivity index (χ3n) is 1.71. The van der Waals surface area contributed by atoms with Crippen molar-refractivity contribution in [2.24, 2.45) is 0 Å². The van der Waals surface area contributed by atoms with Gasteiger partial charge >= 0.3 is 0 Å². The lowest BCUT2D eigenvalue weighted by Gasteiger charge is -2.00. The van der Waals surface area contributed by atoms with Crippen molar-refractivity contribution >= 4 is 37.3 Å². The van der Waals surface area contributed by atoms with Crippen LogP contribution in [0.4, 0.5) is 0 Å². The summed E-state index contributed by atoms with van der Waals surface area (Å²) in [4.78, 5) is 0. The van der Waals surface area contributed by atoms with E-state index in [1.807, 2.05) is 0 Å². The smallest absolute Gasteiger partial charge is 0.207 e. The molecule has 6 heteroatoms. The molecule has 0 unspecified atom stereocenters. The Kier molecular flexibility index (Phi) is 2.48. The standard InChI is InChI=1S/C7H8BrNO2S2/c8-5-3-7(12-4-5)13(10,11)9-6-1-2-6/h3-4,6,9H,1-2H2.